The molecule has 0 heterocycles. The molecular weight excluding hydrogens is 279 g/mol. The summed E-state index contributed by atoms with van der Waals surface area (Å²) >= 11 is 0. The smallest absolute Gasteiger partial charge is 0.164 e. The first kappa shape index (κ1) is 19.2. The van der Waals surface area contributed by atoms with E-state index >= 15 is 0 Å². The van der Waals surface area contributed by atoms with E-state index in [1.807, 2.05) is 20.8 Å². The first-order chi connectivity index (χ1) is 10.1. The molecule has 0 radical (unpaired) electrons. The summed E-state index contributed by atoms with van der Waals surface area (Å²) in [5, 5.41) is 10.3. The van der Waals surface area contributed by atoms with Gasteiger partial charge in [-0.3, -0.25) is 4.79 Å². The van der Waals surface area contributed by atoms with E-state index in [2.05, 4.69) is 0 Å². The lowest BCUT2D eigenvalue weighted by Crippen LogP contribution is -2.31. The van der Waals surface area contributed by atoms with Crippen molar-refractivity contribution < 1.29 is 14.3 Å². The summed E-state index contributed by atoms with van der Waals surface area (Å²) < 4.78 is 13.8. The monoisotopic (exact) mass is 312 g/mol. The van der Waals surface area contributed by atoms with Gasteiger partial charge in [0.25, 0.3) is 0 Å². The summed E-state index contributed by atoms with van der Waals surface area (Å²) in [6.07, 6.45) is 7.62. The van der Waals surface area contributed by atoms with Crippen molar-refractivity contribution in [2.45, 2.75) is 85.2 Å². The van der Waals surface area contributed by atoms with E-state index in [1.54, 1.807) is 0 Å². The average Bonchev–Trinajstić information content (AvgIpc) is 2.38. The minimum Gasteiger partial charge on any atom is -0.512 e. The zero-order valence-corrected chi connectivity index (χ0v) is 14.9. The highest BCUT2D eigenvalue weighted by Crippen LogP contribution is 2.40. The van der Waals surface area contributed by atoms with Gasteiger partial charge in [-0.1, -0.05) is 40.0 Å². The standard InChI is InChI=1S/C19H33FO2/c1-6-15(13-18(3,4)20)16(21)11-17(22)19(5,7-2)12-14-9-8-10-14/h11,14-15,21H,6-10,12-13H2,1-5H3/b16-11-. The molecule has 0 saturated heterocycles. The summed E-state index contributed by atoms with van der Waals surface area (Å²) in [7, 11) is 0. The van der Waals surface area contributed by atoms with Crippen molar-refractivity contribution in [3.63, 3.8) is 0 Å². The molecule has 2 nitrogen and oxygen atoms in total. The molecule has 1 aliphatic carbocycles. The van der Waals surface area contributed by atoms with E-state index in [-0.39, 0.29) is 23.9 Å². The van der Waals surface area contributed by atoms with Gasteiger partial charge in [-0.05, 0) is 45.4 Å². The number of rotatable bonds is 9. The Balaban J connectivity index is 2.79. The minimum atomic E-state index is -1.34. The third kappa shape index (κ3) is 5.40. The van der Waals surface area contributed by atoms with Crippen molar-refractivity contribution >= 4 is 5.78 Å². The van der Waals surface area contributed by atoms with Gasteiger partial charge >= 0.3 is 0 Å². The molecule has 1 saturated carbocycles. The second kappa shape index (κ2) is 7.61. The van der Waals surface area contributed by atoms with Gasteiger partial charge in [-0.2, -0.15) is 0 Å². The molecule has 1 rings (SSSR count). The molecule has 0 aromatic rings. The second-order valence-electron chi connectivity index (χ2n) is 7.88. The van der Waals surface area contributed by atoms with Gasteiger partial charge in [0, 0.05) is 17.4 Å². The van der Waals surface area contributed by atoms with Gasteiger partial charge in [0.2, 0.25) is 0 Å². The Bertz CT molecular complexity index is 404. The van der Waals surface area contributed by atoms with Crippen LogP contribution in [0, 0.1) is 17.3 Å². The van der Waals surface area contributed by atoms with Crippen LogP contribution in [0.3, 0.4) is 0 Å². The Morgan fingerprint density at radius 1 is 1.32 bits per heavy atom. The van der Waals surface area contributed by atoms with Crippen molar-refractivity contribution in [3.05, 3.63) is 11.8 Å². The van der Waals surface area contributed by atoms with Gasteiger partial charge in [0.15, 0.2) is 5.78 Å². The molecule has 0 spiro atoms. The number of allylic oxidation sites excluding steroid dienone is 2. The molecule has 22 heavy (non-hydrogen) atoms. The Labute approximate surface area is 135 Å². The molecule has 1 fully saturated rings. The third-order valence-corrected chi connectivity index (χ3v) is 5.26. The van der Waals surface area contributed by atoms with Gasteiger partial charge in [-0.15, -0.1) is 0 Å². The largest absolute Gasteiger partial charge is 0.512 e. The zero-order chi connectivity index (χ0) is 17.0. The Hall–Kier alpha value is -0.860. The van der Waals surface area contributed by atoms with E-state index in [9.17, 15) is 14.3 Å². The van der Waals surface area contributed by atoms with Crippen LogP contribution in [0.1, 0.15) is 79.6 Å². The SMILES string of the molecule is CCC(CC(C)(C)F)/C(O)=C/C(=O)C(C)(CC)CC1CCC1. The number of halogens is 1. The fourth-order valence-corrected chi connectivity index (χ4v) is 3.22. The van der Waals surface area contributed by atoms with E-state index < -0.39 is 11.1 Å². The van der Waals surface area contributed by atoms with Crippen LogP contribution in [-0.2, 0) is 4.79 Å². The average molecular weight is 312 g/mol. The van der Waals surface area contributed by atoms with Crippen molar-refractivity contribution in [1.82, 2.24) is 0 Å². The lowest BCUT2D eigenvalue weighted by molar-refractivity contribution is -0.124. The van der Waals surface area contributed by atoms with Gasteiger partial charge in [-0.25, -0.2) is 4.39 Å². The van der Waals surface area contributed by atoms with Crippen LogP contribution >= 0.6 is 0 Å². The maximum atomic E-state index is 13.8. The predicted molar refractivity (Wildman–Crippen MR) is 89.7 cm³/mol. The summed E-state index contributed by atoms with van der Waals surface area (Å²) in [6.45, 7) is 8.97. The first-order valence-corrected chi connectivity index (χ1v) is 8.75. The number of hydrogen-bond acceptors (Lipinski definition) is 2. The molecule has 1 N–H and O–H groups in total. The molecule has 0 aromatic carbocycles. The maximum absolute atomic E-state index is 13.8. The van der Waals surface area contributed by atoms with Crippen LogP contribution in [0.4, 0.5) is 4.39 Å². The number of aliphatic hydroxyl groups is 1. The molecule has 128 valence electrons. The predicted octanol–water partition coefficient (Wildman–Crippen LogP) is 5.77. The number of hydrogen-bond donors (Lipinski definition) is 1. The van der Waals surface area contributed by atoms with Crippen molar-refractivity contribution in [2.75, 3.05) is 0 Å². The fraction of sp³-hybridized carbons (Fsp3) is 0.842. The van der Waals surface area contributed by atoms with E-state index in [1.165, 1.54) is 39.2 Å². The molecule has 0 aliphatic heterocycles. The summed E-state index contributed by atoms with van der Waals surface area (Å²) in [5.41, 5.74) is -1.74. The summed E-state index contributed by atoms with van der Waals surface area (Å²) in [6, 6.07) is 0. The Morgan fingerprint density at radius 2 is 1.91 bits per heavy atom. The van der Waals surface area contributed by atoms with Crippen molar-refractivity contribution in [2.24, 2.45) is 17.3 Å². The van der Waals surface area contributed by atoms with E-state index in [4.69, 9.17) is 0 Å². The lowest BCUT2D eigenvalue weighted by Gasteiger charge is -2.35. The van der Waals surface area contributed by atoms with Crippen molar-refractivity contribution in [1.29, 1.82) is 0 Å². The second-order valence-corrected chi connectivity index (χ2v) is 7.88. The first-order valence-electron chi connectivity index (χ1n) is 8.75. The van der Waals surface area contributed by atoms with Gasteiger partial charge in [0.05, 0.1) is 5.76 Å². The quantitative estimate of drug-likeness (QED) is 0.433. The molecule has 3 heteroatoms. The highest BCUT2D eigenvalue weighted by molar-refractivity contribution is 5.94. The molecule has 0 bridgehead atoms. The Kier molecular flexibility index (Phi) is 6.64. The fourth-order valence-electron chi connectivity index (χ4n) is 3.22. The lowest BCUT2D eigenvalue weighted by atomic mass is 9.69. The van der Waals surface area contributed by atoms with Crippen LogP contribution in [0.15, 0.2) is 11.8 Å². The Morgan fingerprint density at radius 3 is 2.27 bits per heavy atom. The van der Waals surface area contributed by atoms with Gasteiger partial charge in [0.1, 0.15) is 5.67 Å². The van der Waals surface area contributed by atoms with Crippen LogP contribution in [0.5, 0.6) is 0 Å². The van der Waals surface area contributed by atoms with Crippen LogP contribution in [0.2, 0.25) is 0 Å². The van der Waals surface area contributed by atoms with E-state index in [0.29, 0.717) is 12.3 Å². The van der Waals surface area contributed by atoms with Crippen molar-refractivity contribution in [3.8, 4) is 0 Å². The molecule has 0 aromatic heterocycles. The number of carbonyl (C=O) groups excluding carboxylic acids is 1. The van der Waals surface area contributed by atoms with Crippen LogP contribution < -0.4 is 0 Å². The molecule has 2 atom stereocenters. The molecule has 2 unspecified atom stereocenters. The molecule has 0 amide bonds. The normalized spacial score (nSPS) is 21.1. The third-order valence-electron chi connectivity index (χ3n) is 5.26. The molecule has 1 aliphatic rings. The maximum Gasteiger partial charge on any atom is 0.164 e. The highest BCUT2D eigenvalue weighted by Gasteiger charge is 2.35. The topological polar surface area (TPSA) is 37.3 Å². The number of ketones is 1. The minimum absolute atomic E-state index is 0.00508. The zero-order valence-electron chi connectivity index (χ0n) is 14.9. The number of alkyl halides is 1. The van der Waals surface area contributed by atoms with Crippen LogP contribution in [-0.4, -0.2) is 16.6 Å². The highest BCUT2D eigenvalue weighted by atomic mass is 19.1. The van der Waals surface area contributed by atoms with Gasteiger partial charge < -0.3 is 5.11 Å². The summed E-state index contributed by atoms with van der Waals surface area (Å²) in [4.78, 5) is 12.6. The summed E-state index contributed by atoms with van der Waals surface area (Å²) in [5.74, 6) is 0.408. The number of aliphatic hydroxyl groups excluding tert-OH is 1. The number of carbonyl (C=O) groups is 1. The van der Waals surface area contributed by atoms with Crippen LogP contribution in [0.25, 0.3) is 0 Å². The molecular formula is C19H33FO2. The van der Waals surface area contributed by atoms with E-state index in [0.717, 1.165) is 12.8 Å².